The minimum atomic E-state index is -0.862. The Kier molecular flexibility index (Phi) is 3.97. The van der Waals surface area contributed by atoms with E-state index in [2.05, 4.69) is 40.3 Å². The van der Waals surface area contributed by atoms with Crippen molar-refractivity contribution in [2.75, 3.05) is 13.1 Å². The Labute approximate surface area is 162 Å². The van der Waals surface area contributed by atoms with Crippen LogP contribution in [0.3, 0.4) is 0 Å². The number of carbonyl (C=O) groups is 1. The third kappa shape index (κ3) is 2.78. The molecule has 0 unspecified atom stereocenters. The number of piperidine rings is 1. The highest BCUT2D eigenvalue weighted by Gasteiger charge is 2.26. The summed E-state index contributed by atoms with van der Waals surface area (Å²) >= 11 is 0. The molecule has 1 aliphatic heterocycles. The molecule has 0 spiro atoms. The molecule has 0 bridgehead atoms. The summed E-state index contributed by atoms with van der Waals surface area (Å²) < 4.78 is 2.04. The highest BCUT2D eigenvalue weighted by molar-refractivity contribution is 5.94. The average Bonchev–Trinajstić information content (AvgIpc) is 3.18. The van der Waals surface area contributed by atoms with Crippen molar-refractivity contribution >= 4 is 28.0 Å². The molecule has 28 heavy (non-hydrogen) atoms. The number of hydrogen-bond acceptors (Lipinski definition) is 3. The summed E-state index contributed by atoms with van der Waals surface area (Å²) in [7, 11) is 0. The van der Waals surface area contributed by atoms with E-state index in [1.165, 1.54) is 15.7 Å². The number of amides is 1. The number of imidazole rings is 1. The smallest absolute Gasteiger partial charge is 0.407 e. The van der Waals surface area contributed by atoms with E-state index in [-0.39, 0.29) is 6.04 Å². The first-order valence-corrected chi connectivity index (χ1v) is 9.49. The Bertz CT molecular complexity index is 1180. The number of aromatic nitrogens is 3. The van der Waals surface area contributed by atoms with Gasteiger partial charge in [0.05, 0.1) is 12.4 Å². The summed E-state index contributed by atoms with van der Waals surface area (Å²) in [5.74, 6) is 0. The number of carboxylic acid groups (broad SMARTS) is 1. The van der Waals surface area contributed by atoms with Crippen LogP contribution in [0.2, 0.25) is 0 Å². The summed E-state index contributed by atoms with van der Waals surface area (Å²) in [5.41, 5.74) is 3.81. The molecule has 5 rings (SSSR count). The third-order valence-electron chi connectivity index (χ3n) is 5.58. The minimum absolute atomic E-state index is 0.0641. The lowest BCUT2D eigenvalue weighted by Gasteiger charge is -2.31. The number of benzene rings is 2. The molecule has 140 valence electrons. The number of fused-ring (bicyclic) bond motifs is 2. The zero-order valence-corrected chi connectivity index (χ0v) is 15.3. The monoisotopic (exact) mass is 372 g/mol. The van der Waals surface area contributed by atoms with Crippen molar-refractivity contribution in [3.63, 3.8) is 0 Å². The molecule has 6 heteroatoms. The van der Waals surface area contributed by atoms with Gasteiger partial charge in [-0.2, -0.15) is 0 Å². The van der Waals surface area contributed by atoms with Gasteiger partial charge in [-0.15, -0.1) is 0 Å². The Balaban J connectivity index is 1.57. The van der Waals surface area contributed by atoms with Crippen LogP contribution in [0.25, 0.3) is 33.1 Å². The summed E-state index contributed by atoms with van der Waals surface area (Å²) in [5, 5.41) is 11.7. The predicted molar refractivity (Wildman–Crippen MR) is 108 cm³/mol. The van der Waals surface area contributed by atoms with Gasteiger partial charge < -0.3 is 14.6 Å². The molecular formula is C22H20N4O2. The second kappa shape index (κ2) is 6.64. The second-order valence-corrected chi connectivity index (χ2v) is 7.27. The summed E-state index contributed by atoms with van der Waals surface area (Å²) in [6, 6.07) is 16.8. The fraction of sp³-hybridized carbons (Fsp3) is 0.227. The van der Waals surface area contributed by atoms with Crippen LogP contribution < -0.4 is 0 Å². The van der Waals surface area contributed by atoms with Gasteiger partial charge in [0.25, 0.3) is 0 Å². The molecule has 2 aromatic heterocycles. The minimum Gasteiger partial charge on any atom is -0.465 e. The Hall–Kier alpha value is -3.41. The topological polar surface area (TPSA) is 71.2 Å². The molecule has 1 atom stereocenters. The quantitative estimate of drug-likeness (QED) is 0.560. The van der Waals surface area contributed by atoms with E-state index in [9.17, 15) is 9.90 Å². The van der Waals surface area contributed by atoms with Crippen LogP contribution >= 0.6 is 0 Å². The Morgan fingerprint density at radius 2 is 1.93 bits per heavy atom. The first kappa shape index (κ1) is 16.7. The van der Waals surface area contributed by atoms with Crippen LogP contribution in [0.1, 0.15) is 18.9 Å². The SMILES string of the molecule is O=C(O)N1CCC[C@H](n2cnc3c(-c4ccc5ccccc5c4)ccnc32)C1. The van der Waals surface area contributed by atoms with Crippen molar-refractivity contribution in [3.8, 4) is 11.1 Å². The lowest BCUT2D eigenvalue weighted by molar-refractivity contribution is 0.122. The maximum absolute atomic E-state index is 11.4. The summed E-state index contributed by atoms with van der Waals surface area (Å²) in [6.07, 6.45) is 4.53. The molecule has 1 amide bonds. The number of pyridine rings is 1. The van der Waals surface area contributed by atoms with Gasteiger partial charge in [0, 0.05) is 24.8 Å². The number of nitrogens with zero attached hydrogens (tertiary/aromatic N) is 4. The second-order valence-electron chi connectivity index (χ2n) is 7.27. The van der Waals surface area contributed by atoms with Gasteiger partial charge in [-0.25, -0.2) is 14.8 Å². The molecule has 1 fully saturated rings. The number of rotatable bonds is 2. The third-order valence-corrected chi connectivity index (χ3v) is 5.58. The van der Waals surface area contributed by atoms with Gasteiger partial charge in [0.15, 0.2) is 5.65 Å². The van der Waals surface area contributed by atoms with Crippen LogP contribution in [0, 0.1) is 0 Å². The van der Waals surface area contributed by atoms with Gasteiger partial charge >= 0.3 is 6.09 Å². The molecule has 0 saturated carbocycles. The van der Waals surface area contributed by atoms with E-state index in [1.807, 2.05) is 29.0 Å². The molecule has 1 aliphatic rings. The van der Waals surface area contributed by atoms with Crippen LogP contribution in [-0.4, -0.2) is 43.7 Å². The van der Waals surface area contributed by atoms with Gasteiger partial charge in [-0.05, 0) is 41.3 Å². The highest BCUT2D eigenvalue weighted by Crippen LogP contribution is 2.31. The van der Waals surface area contributed by atoms with Crippen molar-refractivity contribution in [2.45, 2.75) is 18.9 Å². The van der Waals surface area contributed by atoms with Crippen molar-refractivity contribution < 1.29 is 9.90 Å². The van der Waals surface area contributed by atoms with E-state index in [0.29, 0.717) is 13.1 Å². The lowest BCUT2D eigenvalue weighted by atomic mass is 10.0. The van der Waals surface area contributed by atoms with E-state index in [4.69, 9.17) is 0 Å². The fourth-order valence-electron chi connectivity index (χ4n) is 4.15. The van der Waals surface area contributed by atoms with E-state index < -0.39 is 6.09 Å². The molecule has 3 heterocycles. The Morgan fingerprint density at radius 1 is 1.07 bits per heavy atom. The van der Waals surface area contributed by atoms with Gasteiger partial charge in [0.1, 0.15) is 5.52 Å². The van der Waals surface area contributed by atoms with Crippen LogP contribution in [-0.2, 0) is 0 Å². The van der Waals surface area contributed by atoms with Gasteiger partial charge in [-0.3, -0.25) is 0 Å². The van der Waals surface area contributed by atoms with Crippen molar-refractivity contribution in [3.05, 3.63) is 61.1 Å². The molecular weight excluding hydrogens is 352 g/mol. The fourth-order valence-corrected chi connectivity index (χ4v) is 4.15. The Morgan fingerprint density at radius 3 is 2.79 bits per heavy atom. The molecule has 4 aromatic rings. The van der Waals surface area contributed by atoms with Crippen molar-refractivity contribution in [1.29, 1.82) is 0 Å². The summed E-state index contributed by atoms with van der Waals surface area (Å²) in [4.78, 5) is 22.1. The van der Waals surface area contributed by atoms with Crippen LogP contribution in [0.5, 0.6) is 0 Å². The van der Waals surface area contributed by atoms with Gasteiger partial charge in [-0.1, -0.05) is 36.4 Å². The van der Waals surface area contributed by atoms with Gasteiger partial charge in [0.2, 0.25) is 0 Å². The highest BCUT2D eigenvalue weighted by atomic mass is 16.4. The average molecular weight is 372 g/mol. The molecule has 0 radical (unpaired) electrons. The zero-order chi connectivity index (χ0) is 19.1. The first-order valence-electron chi connectivity index (χ1n) is 9.49. The number of hydrogen-bond donors (Lipinski definition) is 1. The maximum atomic E-state index is 11.4. The van der Waals surface area contributed by atoms with Crippen LogP contribution in [0.4, 0.5) is 4.79 Å². The first-order chi connectivity index (χ1) is 13.7. The number of likely N-dealkylation sites (tertiary alicyclic amines) is 1. The maximum Gasteiger partial charge on any atom is 0.407 e. The van der Waals surface area contributed by atoms with Crippen LogP contribution in [0.15, 0.2) is 61.1 Å². The van der Waals surface area contributed by atoms with Crippen molar-refractivity contribution in [2.24, 2.45) is 0 Å². The molecule has 1 saturated heterocycles. The van der Waals surface area contributed by atoms with E-state index in [1.54, 1.807) is 6.33 Å². The zero-order valence-electron chi connectivity index (χ0n) is 15.3. The molecule has 0 aliphatic carbocycles. The lowest BCUT2D eigenvalue weighted by Crippen LogP contribution is -2.39. The van der Waals surface area contributed by atoms with E-state index >= 15 is 0 Å². The summed E-state index contributed by atoms with van der Waals surface area (Å²) in [6.45, 7) is 1.07. The normalized spacial score (nSPS) is 17.3. The van der Waals surface area contributed by atoms with E-state index in [0.717, 1.165) is 35.1 Å². The molecule has 1 N–H and O–H groups in total. The predicted octanol–water partition coefficient (Wildman–Crippen LogP) is 4.57. The van der Waals surface area contributed by atoms with Crippen molar-refractivity contribution in [1.82, 2.24) is 19.4 Å². The standard InChI is InChI=1S/C22H20N4O2/c27-22(28)25-11-3-6-18(13-25)26-14-24-20-19(9-10-23-21(20)26)17-8-7-15-4-1-2-5-16(15)12-17/h1-2,4-5,7-10,12,14,18H,3,6,11,13H2,(H,27,28)/t18-/m0/s1. The largest absolute Gasteiger partial charge is 0.465 e. The molecule has 2 aromatic carbocycles. The molecule has 6 nitrogen and oxygen atoms in total.